The SMILES string of the molecule is [2H]C(=O)c1cccc(OCOC)c1. The molecule has 3 heteroatoms. The number of hydrogen-bond acceptors (Lipinski definition) is 3. The van der Waals surface area contributed by atoms with Gasteiger partial charge in [0.2, 0.25) is 0 Å². The molecule has 0 aliphatic heterocycles. The molecule has 0 spiro atoms. The predicted molar refractivity (Wildman–Crippen MR) is 44.3 cm³/mol. The number of methoxy groups -OCH3 is 1. The molecule has 1 aromatic carbocycles. The van der Waals surface area contributed by atoms with Crippen molar-refractivity contribution in [2.45, 2.75) is 0 Å². The summed E-state index contributed by atoms with van der Waals surface area (Å²) in [5.74, 6) is 0.528. The van der Waals surface area contributed by atoms with Gasteiger partial charge in [-0.2, -0.15) is 0 Å². The van der Waals surface area contributed by atoms with Gasteiger partial charge in [-0.15, -0.1) is 0 Å². The Morgan fingerprint density at radius 1 is 1.67 bits per heavy atom. The van der Waals surface area contributed by atoms with Crippen LogP contribution in [0.3, 0.4) is 0 Å². The Morgan fingerprint density at radius 3 is 3.17 bits per heavy atom. The van der Waals surface area contributed by atoms with Crippen LogP contribution < -0.4 is 4.74 Å². The molecule has 0 heterocycles. The maximum absolute atomic E-state index is 10.7. The molecule has 0 amide bonds. The molecule has 1 aromatic rings. The fourth-order valence-electron chi connectivity index (χ4n) is 0.776. The first kappa shape index (κ1) is 7.31. The maximum Gasteiger partial charge on any atom is 0.188 e. The Hall–Kier alpha value is -1.35. The Morgan fingerprint density at radius 2 is 2.50 bits per heavy atom. The fourth-order valence-corrected chi connectivity index (χ4v) is 0.776. The van der Waals surface area contributed by atoms with E-state index in [0.717, 1.165) is 0 Å². The van der Waals surface area contributed by atoms with Gasteiger partial charge in [-0.25, -0.2) is 0 Å². The highest BCUT2D eigenvalue weighted by Crippen LogP contribution is 2.11. The number of benzene rings is 1. The molecule has 0 saturated carbocycles. The van der Waals surface area contributed by atoms with Crippen molar-refractivity contribution in [2.75, 3.05) is 13.9 Å². The summed E-state index contributed by atoms with van der Waals surface area (Å²) in [4.78, 5) is 10.7. The smallest absolute Gasteiger partial charge is 0.188 e. The van der Waals surface area contributed by atoms with Gasteiger partial charge in [0.1, 0.15) is 13.4 Å². The van der Waals surface area contributed by atoms with E-state index >= 15 is 0 Å². The van der Waals surface area contributed by atoms with E-state index in [-0.39, 0.29) is 6.79 Å². The summed E-state index contributed by atoms with van der Waals surface area (Å²) in [6.07, 6.45) is -0.720. The second-order valence-corrected chi connectivity index (χ2v) is 2.18. The van der Waals surface area contributed by atoms with Crippen LogP contribution in [0.1, 0.15) is 11.7 Å². The first-order chi connectivity index (χ1) is 6.24. The standard InChI is InChI=1S/C9H10O3/c1-11-7-12-9-4-2-3-8(5-9)6-10/h2-6H,7H2,1H3/i6D. The Balaban J connectivity index is 2.73. The van der Waals surface area contributed by atoms with E-state index in [0.29, 0.717) is 11.3 Å². The topological polar surface area (TPSA) is 35.5 Å². The van der Waals surface area contributed by atoms with Crippen molar-refractivity contribution in [1.29, 1.82) is 0 Å². The van der Waals surface area contributed by atoms with Gasteiger partial charge >= 0.3 is 0 Å². The van der Waals surface area contributed by atoms with E-state index in [4.69, 9.17) is 10.8 Å². The van der Waals surface area contributed by atoms with Crippen LogP contribution in [-0.2, 0) is 4.74 Å². The molecule has 0 aliphatic rings. The molecule has 0 atom stereocenters. The molecule has 0 fully saturated rings. The van der Waals surface area contributed by atoms with Gasteiger partial charge in [-0.05, 0) is 12.1 Å². The summed E-state index contributed by atoms with van der Waals surface area (Å²) in [5.41, 5.74) is 0.314. The zero-order valence-electron chi connectivity index (χ0n) is 7.74. The zero-order chi connectivity index (χ0) is 9.68. The average Bonchev–Trinajstić information content (AvgIpc) is 2.15. The lowest BCUT2D eigenvalue weighted by atomic mass is 10.2. The van der Waals surface area contributed by atoms with Crippen molar-refractivity contribution >= 4 is 6.26 Å². The Labute approximate surface area is 72.3 Å². The third-order valence-electron chi connectivity index (χ3n) is 1.30. The van der Waals surface area contributed by atoms with Crippen LogP contribution in [0.15, 0.2) is 24.3 Å². The lowest BCUT2D eigenvalue weighted by Gasteiger charge is -2.03. The molecule has 0 aromatic heterocycles. The number of carbonyl (C=O) groups is 1. The van der Waals surface area contributed by atoms with Gasteiger partial charge in [0, 0.05) is 12.7 Å². The number of aldehydes is 1. The molecule has 64 valence electrons. The second-order valence-electron chi connectivity index (χ2n) is 2.18. The highest BCUT2D eigenvalue weighted by atomic mass is 16.7. The van der Waals surface area contributed by atoms with Crippen molar-refractivity contribution in [3.05, 3.63) is 29.8 Å². The first-order valence-corrected chi connectivity index (χ1v) is 3.47. The molecule has 0 radical (unpaired) electrons. The van der Waals surface area contributed by atoms with E-state index in [9.17, 15) is 4.79 Å². The molecule has 3 nitrogen and oxygen atoms in total. The highest BCUT2D eigenvalue weighted by molar-refractivity contribution is 5.75. The molecular weight excluding hydrogens is 156 g/mol. The van der Waals surface area contributed by atoms with Gasteiger partial charge in [-0.1, -0.05) is 12.1 Å². The third-order valence-corrected chi connectivity index (χ3v) is 1.30. The summed E-state index contributed by atoms with van der Waals surface area (Å²) in [5, 5.41) is 0. The number of ether oxygens (including phenoxy) is 2. The normalized spacial score (nSPS) is 10.6. The van der Waals surface area contributed by atoms with Crippen molar-refractivity contribution in [3.63, 3.8) is 0 Å². The molecule has 0 bridgehead atoms. The Kier molecular flexibility index (Phi) is 2.75. The van der Waals surface area contributed by atoms with Gasteiger partial charge in [0.05, 0.1) is 0 Å². The van der Waals surface area contributed by atoms with Crippen LogP contribution in [0.5, 0.6) is 5.75 Å². The lowest BCUT2D eigenvalue weighted by Crippen LogP contribution is -1.98. The Bertz CT molecular complexity index is 299. The minimum atomic E-state index is -0.720. The summed E-state index contributed by atoms with van der Waals surface area (Å²) >= 11 is 0. The van der Waals surface area contributed by atoms with Crippen LogP contribution >= 0.6 is 0 Å². The van der Waals surface area contributed by atoms with Crippen LogP contribution in [0.25, 0.3) is 0 Å². The van der Waals surface area contributed by atoms with E-state index in [1.165, 1.54) is 13.2 Å². The summed E-state index contributed by atoms with van der Waals surface area (Å²) < 4.78 is 16.6. The van der Waals surface area contributed by atoms with Crippen molar-refractivity contribution in [2.24, 2.45) is 0 Å². The molecule has 0 aliphatic carbocycles. The molecule has 0 N–H and O–H groups in total. The molecule has 0 unspecified atom stereocenters. The number of hydrogen-bond donors (Lipinski definition) is 0. The van der Waals surface area contributed by atoms with Gasteiger partial charge in [0.25, 0.3) is 0 Å². The summed E-state index contributed by atoms with van der Waals surface area (Å²) in [6.45, 7) is 0.135. The fraction of sp³-hybridized carbons (Fsp3) is 0.222. The number of rotatable bonds is 4. The van der Waals surface area contributed by atoms with Crippen LogP contribution in [0.2, 0.25) is 0 Å². The molecule has 12 heavy (non-hydrogen) atoms. The van der Waals surface area contributed by atoms with Crippen molar-refractivity contribution in [1.82, 2.24) is 0 Å². The average molecular weight is 167 g/mol. The minimum Gasteiger partial charge on any atom is -0.468 e. The number of carbonyl (C=O) groups excluding carboxylic acids is 1. The van der Waals surface area contributed by atoms with E-state index in [1.54, 1.807) is 18.2 Å². The predicted octanol–water partition coefficient (Wildman–Crippen LogP) is 1.48. The van der Waals surface area contributed by atoms with Gasteiger partial charge < -0.3 is 9.47 Å². The summed E-state index contributed by atoms with van der Waals surface area (Å²) in [7, 11) is 1.51. The summed E-state index contributed by atoms with van der Waals surface area (Å²) in [6, 6.07) is 6.43. The quantitative estimate of drug-likeness (QED) is 0.503. The van der Waals surface area contributed by atoms with Crippen molar-refractivity contribution in [3.8, 4) is 5.75 Å². The van der Waals surface area contributed by atoms with Gasteiger partial charge in [0.15, 0.2) is 6.79 Å². The first-order valence-electron chi connectivity index (χ1n) is 3.97. The van der Waals surface area contributed by atoms with E-state index in [2.05, 4.69) is 0 Å². The second kappa shape index (κ2) is 4.51. The highest BCUT2D eigenvalue weighted by Gasteiger charge is 1.93. The molecule has 0 saturated heterocycles. The maximum atomic E-state index is 10.7. The van der Waals surface area contributed by atoms with Crippen molar-refractivity contribution < 1.29 is 15.6 Å². The monoisotopic (exact) mass is 167 g/mol. The van der Waals surface area contributed by atoms with Crippen LogP contribution in [-0.4, -0.2) is 20.2 Å². The lowest BCUT2D eigenvalue weighted by molar-refractivity contribution is 0.0510. The van der Waals surface area contributed by atoms with E-state index < -0.39 is 6.26 Å². The van der Waals surface area contributed by atoms with E-state index in [1.807, 2.05) is 0 Å². The minimum absolute atomic E-state index is 0.135. The largest absolute Gasteiger partial charge is 0.468 e. The zero-order valence-corrected chi connectivity index (χ0v) is 6.74. The third kappa shape index (κ3) is 2.36. The van der Waals surface area contributed by atoms with Crippen LogP contribution in [0.4, 0.5) is 0 Å². The molecular formula is C9H10O3. The van der Waals surface area contributed by atoms with Crippen LogP contribution in [0, 0.1) is 0 Å². The molecule has 1 rings (SSSR count). The van der Waals surface area contributed by atoms with Gasteiger partial charge in [-0.3, -0.25) is 4.79 Å².